The fourth-order valence-electron chi connectivity index (χ4n) is 2.81. The lowest BCUT2D eigenvalue weighted by molar-refractivity contribution is -0.115. The number of nitrogens with one attached hydrogen (secondary N) is 2. The van der Waals surface area contributed by atoms with Crippen LogP contribution in [0.4, 0.5) is 11.4 Å². The van der Waals surface area contributed by atoms with Crippen molar-refractivity contribution in [2.24, 2.45) is 0 Å². The van der Waals surface area contributed by atoms with E-state index in [9.17, 15) is 13.2 Å². The number of rotatable bonds is 7. The normalized spacial score (nSPS) is 11.4. The van der Waals surface area contributed by atoms with E-state index in [1.54, 1.807) is 41.8 Å². The molecular formula is C21H22N2O3S2. The molecule has 1 aromatic heterocycles. The van der Waals surface area contributed by atoms with Gasteiger partial charge in [0.2, 0.25) is 5.91 Å². The Bertz CT molecular complexity index is 1040. The van der Waals surface area contributed by atoms with Gasteiger partial charge < -0.3 is 5.32 Å². The van der Waals surface area contributed by atoms with Gasteiger partial charge >= 0.3 is 0 Å². The van der Waals surface area contributed by atoms with Crippen molar-refractivity contribution in [1.82, 2.24) is 0 Å². The van der Waals surface area contributed by atoms with Gasteiger partial charge in [-0.2, -0.15) is 0 Å². The zero-order valence-electron chi connectivity index (χ0n) is 15.7. The summed E-state index contributed by atoms with van der Waals surface area (Å²) in [5.74, 6) is 0.201. The highest BCUT2D eigenvalue weighted by Gasteiger charge is 2.15. The molecule has 1 heterocycles. The number of anilines is 2. The molecule has 0 unspecified atom stereocenters. The molecule has 0 fully saturated rings. The van der Waals surface area contributed by atoms with E-state index in [0.29, 0.717) is 11.6 Å². The van der Waals surface area contributed by atoms with Gasteiger partial charge in [-0.15, -0.1) is 11.3 Å². The van der Waals surface area contributed by atoms with E-state index >= 15 is 0 Å². The molecule has 5 nitrogen and oxygen atoms in total. The first-order valence-electron chi connectivity index (χ1n) is 8.89. The molecule has 0 atom stereocenters. The molecule has 2 N–H and O–H groups in total. The number of thiophene rings is 1. The second-order valence-corrected chi connectivity index (χ2v) is 9.56. The van der Waals surface area contributed by atoms with Crippen LogP contribution in [-0.4, -0.2) is 14.3 Å². The largest absolute Gasteiger partial charge is 0.326 e. The molecule has 1 amide bonds. The maximum absolute atomic E-state index is 12.4. The van der Waals surface area contributed by atoms with Crippen LogP contribution in [0, 0.1) is 0 Å². The fraction of sp³-hybridized carbons (Fsp3) is 0.190. The highest BCUT2D eigenvalue weighted by molar-refractivity contribution is 7.94. The maximum Gasteiger partial charge on any atom is 0.271 e. The van der Waals surface area contributed by atoms with E-state index in [2.05, 4.69) is 23.9 Å². The summed E-state index contributed by atoms with van der Waals surface area (Å²) in [5, 5.41) is 4.68. The summed E-state index contributed by atoms with van der Waals surface area (Å²) in [6, 6.07) is 17.8. The smallest absolute Gasteiger partial charge is 0.271 e. The quantitative estimate of drug-likeness (QED) is 0.580. The lowest BCUT2D eigenvalue weighted by Gasteiger charge is -2.13. The lowest BCUT2D eigenvalue weighted by Crippen LogP contribution is -2.16. The van der Waals surface area contributed by atoms with Crippen LogP contribution < -0.4 is 10.0 Å². The molecule has 0 aliphatic heterocycles. The van der Waals surface area contributed by atoms with Crippen LogP contribution in [-0.2, 0) is 21.2 Å². The Balaban J connectivity index is 1.64. The van der Waals surface area contributed by atoms with Crippen LogP contribution in [0.25, 0.3) is 0 Å². The fourth-order valence-corrected chi connectivity index (χ4v) is 4.86. The highest BCUT2D eigenvalue weighted by Crippen LogP contribution is 2.24. The number of amides is 1. The summed E-state index contributed by atoms with van der Waals surface area (Å²) in [4.78, 5) is 12.4. The minimum Gasteiger partial charge on any atom is -0.326 e. The van der Waals surface area contributed by atoms with E-state index in [1.165, 1.54) is 0 Å². The predicted octanol–water partition coefficient (Wildman–Crippen LogP) is 4.85. The zero-order chi connectivity index (χ0) is 20.1. The van der Waals surface area contributed by atoms with Crippen molar-refractivity contribution in [2.75, 3.05) is 10.0 Å². The van der Waals surface area contributed by atoms with Crippen molar-refractivity contribution < 1.29 is 13.2 Å². The van der Waals surface area contributed by atoms with E-state index in [4.69, 9.17) is 0 Å². The van der Waals surface area contributed by atoms with Crippen molar-refractivity contribution in [3.8, 4) is 0 Å². The Labute approximate surface area is 169 Å². The number of hydrogen-bond acceptors (Lipinski definition) is 4. The van der Waals surface area contributed by atoms with E-state index in [1.807, 2.05) is 24.3 Å². The average molecular weight is 415 g/mol. The van der Waals surface area contributed by atoms with Crippen LogP contribution >= 0.6 is 11.3 Å². The van der Waals surface area contributed by atoms with Crippen molar-refractivity contribution in [1.29, 1.82) is 0 Å². The summed E-state index contributed by atoms with van der Waals surface area (Å²) in [6.45, 7) is 4.17. The van der Waals surface area contributed by atoms with Gasteiger partial charge in [-0.05, 0) is 46.7 Å². The Kier molecular flexibility index (Phi) is 6.16. The standard InChI is InChI=1S/C21H22N2O3S2/c1-15(2)18-6-3-4-7-19(18)22-20(24)14-16-9-11-17(12-10-16)23-28(25,26)21-8-5-13-27-21/h3-13,15,23H,14H2,1-2H3,(H,22,24). The van der Waals surface area contributed by atoms with Crippen molar-refractivity contribution in [2.45, 2.75) is 30.4 Å². The zero-order valence-corrected chi connectivity index (χ0v) is 17.3. The van der Waals surface area contributed by atoms with Gasteiger partial charge in [-0.1, -0.05) is 50.2 Å². The molecule has 0 bridgehead atoms. The first kappa shape index (κ1) is 20.1. The monoisotopic (exact) mass is 414 g/mol. The molecule has 28 heavy (non-hydrogen) atoms. The number of benzene rings is 2. The molecule has 3 rings (SSSR count). The highest BCUT2D eigenvalue weighted by atomic mass is 32.2. The van der Waals surface area contributed by atoms with Gasteiger partial charge in [0.1, 0.15) is 4.21 Å². The second-order valence-electron chi connectivity index (χ2n) is 6.70. The third kappa shape index (κ3) is 4.99. The summed E-state index contributed by atoms with van der Waals surface area (Å²) >= 11 is 1.16. The number of hydrogen-bond donors (Lipinski definition) is 2. The third-order valence-electron chi connectivity index (χ3n) is 4.19. The number of carbonyl (C=O) groups excluding carboxylic acids is 1. The van der Waals surface area contributed by atoms with Gasteiger partial charge in [0, 0.05) is 11.4 Å². The Morgan fingerprint density at radius 1 is 1.00 bits per heavy atom. The minimum absolute atomic E-state index is 0.111. The molecule has 0 saturated carbocycles. The summed E-state index contributed by atoms with van der Waals surface area (Å²) in [5.41, 5.74) is 3.18. The average Bonchev–Trinajstić information content (AvgIpc) is 3.19. The van der Waals surface area contributed by atoms with Crippen molar-refractivity contribution in [3.05, 3.63) is 77.2 Å². The SMILES string of the molecule is CC(C)c1ccccc1NC(=O)Cc1ccc(NS(=O)(=O)c2cccs2)cc1. The number of carbonyl (C=O) groups is 1. The molecular weight excluding hydrogens is 392 g/mol. The molecule has 3 aromatic rings. The van der Waals surface area contributed by atoms with Gasteiger partial charge in [0.15, 0.2) is 0 Å². The summed E-state index contributed by atoms with van der Waals surface area (Å²) < 4.78 is 27.3. The van der Waals surface area contributed by atoms with Crippen LogP contribution in [0.15, 0.2) is 70.3 Å². The van der Waals surface area contributed by atoms with Crippen LogP contribution in [0.1, 0.15) is 30.9 Å². The van der Waals surface area contributed by atoms with Crippen LogP contribution in [0.5, 0.6) is 0 Å². The molecule has 0 aliphatic rings. The van der Waals surface area contributed by atoms with Crippen molar-refractivity contribution >= 4 is 38.6 Å². The molecule has 0 spiro atoms. The van der Waals surface area contributed by atoms with Gasteiger partial charge in [-0.3, -0.25) is 9.52 Å². The Hall–Kier alpha value is -2.64. The van der Waals surface area contributed by atoms with Crippen LogP contribution in [0.3, 0.4) is 0 Å². The number of para-hydroxylation sites is 1. The first-order chi connectivity index (χ1) is 13.3. The van der Waals surface area contributed by atoms with Gasteiger partial charge in [0.05, 0.1) is 6.42 Å². The summed E-state index contributed by atoms with van der Waals surface area (Å²) in [6.07, 6.45) is 0.213. The molecule has 0 saturated heterocycles. The van der Waals surface area contributed by atoms with Crippen LogP contribution in [0.2, 0.25) is 0 Å². The number of sulfonamides is 1. The maximum atomic E-state index is 12.4. The Morgan fingerprint density at radius 3 is 2.36 bits per heavy atom. The topological polar surface area (TPSA) is 75.3 Å². The minimum atomic E-state index is -3.57. The lowest BCUT2D eigenvalue weighted by atomic mass is 10.0. The van der Waals surface area contributed by atoms with Gasteiger partial charge in [0.25, 0.3) is 10.0 Å². The molecule has 7 heteroatoms. The second kappa shape index (κ2) is 8.58. The molecule has 2 aromatic carbocycles. The van der Waals surface area contributed by atoms with E-state index in [-0.39, 0.29) is 16.5 Å². The molecule has 0 radical (unpaired) electrons. The van der Waals surface area contributed by atoms with Crippen molar-refractivity contribution in [3.63, 3.8) is 0 Å². The Morgan fingerprint density at radius 2 is 1.71 bits per heavy atom. The predicted molar refractivity (Wildman–Crippen MR) is 114 cm³/mol. The van der Waals surface area contributed by atoms with E-state index in [0.717, 1.165) is 28.2 Å². The molecule has 0 aliphatic carbocycles. The summed E-state index contributed by atoms with van der Waals surface area (Å²) in [7, 11) is -3.57. The van der Waals surface area contributed by atoms with E-state index < -0.39 is 10.0 Å². The first-order valence-corrected chi connectivity index (χ1v) is 11.3. The molecule has 146 valence electrons. The third-order valence-corrected chi connectivity index (χ3v) is 6.97. The van der Waals surface area contributed by atoms with Gasteiger partial charge in [-0.25, -0.2) is 8.42 Å².